The Morgan fingerprint density at radius 1 is 0.900 bits per heavy atom. The van der Waals surface area contributed by atoms with E-state index >= 15 is 0 Å². The zero-order valence-electron chi connectivity index (χ0n) is 17.6. The quantitative estimate of drug-likeness (QED) is 0.511. The molecule has 1 N–H and O–H groups in total. The summed E-state index contributed by atoms with van der Waals surface area (Å²) in [4.78, 5) is 12.3. The molecule has 0 aromatic heterocycles. The molecular weight excluding hydrogens is 374 g/mol. The third-order valence-corrected chi connectivity index (χ3v) is 5.10. The Hall–Kier alpha value is -3.27. The van der Waals surface area contributed by atoms with Crippen LogP contribution in [0.2, 0.25) is 0 Å². The second kappa shape index (κ2) is 11.1. The van der Waals surface area contributed by atoms with Gasteiger partial charge >= 0.3 is 0 Å². The Bertz CT molecular complexity index is 926. The molecule has 156 valence electrons. The predicted molar refractivity (Wildman–Crippen MR) is 120 cm³/mol. The first-order valence-electron chi connectivity index (χ1n) is 10.3. The van der Waals surface area contributed by atoms with Gasteiger partial charge in [0.15, 0.2) is 11.5 Å². The molecule has 0 aliphatic heterocycles. The average Bonchev–Trinajstić information content (AvgIpc) is 2.79. The predicted octanol–water partition coefficient (Wildman–Crippen LogP) is 5.13. The summed E-state index contributed by atoms with van der Waals surface area (Å²) in [6.07, 6.45) is 1.22. The summed E-state index contributed by atoms with van der Waals surface area (Å²) in [6, 6.07) is 26.0. The largest absolute Gasteiger partial charge is 0.493 e. The van der Waals surface area contributed by atoms with Crippen LogP contribution in [0.3, 0.4) is 0 Å². The van der Waals surface area contributed by atoms with Gasteiger partial charge in [-0.05, 0) is 41.2 Å². The molecule has 0 aliphatic rings. The highest BCUT2D eigenvalue weighted by Gasteiger charge is 2.10. The molecule has 3 aromatic carbocycles. The number of nitrogens with one attached hydrogen (secondary N) is 1. The van der Waals surface area contributed by atoms with Gasteiger partial charge in [-0.15, -0.1) is 0 Å². The molecule has 0 fully saturated rings. The second-order valence-corrected chi connectivity index (χ2v) is 7.39. The van der Waals surface area contributed by atoms with Crippen molar-refractivity contribution in [3.05, 3.63) is 95.6 Å². The van der Waals surface area contributed by atoms with E-state index in [1.54, 1.807) is 7.11 Å². The van der Waals surface area contributed by atoms with E-state index in [1.165, 1.54) is 5.56 Å². The smallest absolute Gasteiger partial charge is 0.224 e. The normalized spacial score (nSPS) is 11.5. The van der Waals surface area contributed by atoms with Gasteiger partial charge in [-0.1, -0.05) is 73.7 Å². The van der Waals surface area contributed by atoms with E-state index in [0.717, 1.165) is 17.5 Å². The molecule has 30 heavy (non-hydrogen) atoms. The number of amides is 1. The first kappa shape index (κ1) is 21.4. The molecule has 0 bridgehead atoms. The van der Waals surface area contributed by atoms with E-state index in [4.69, 9.17) is 9.47 Å². The van der Waals surface area contributed by atoms with Crippen molar-refractivity contribution >= 4 is 5.91 Å². The standard InChI is InChI=1S/C26H29NO3/c1-20(23-11-7-4-8-12-23)15-16-27-26(28)18-22-13-14-24(25(17-22)29-2)30-19-21-9-5-3-6-10-21/h3-14,17,20H,15-16,18-19H2,1-2H3,(H,27,28). The summed E-state index contributed by atoms with van der Waals surface area (Å²) in [6.45, 7) is 3.31. The summed E-state index contributed by atoms with van der Waals surface area (Å²) < 4.78 is 11.3. The van der Waals surface area contributed by atoms with E-state index in [1.807, 2.05) is 66.7 Å². The van der Waals surface area contributed by atoms with Gasteiger partial charge in [0.1, 0.15) is 6.61 Å². The van der Waals surface area contributed by atoms with Gasteiger partial charge in [0.25, 0.3) is 0 Å². The van der Waals surface area contributed by atoms with Gasteiger partial charge in [-0.2, -0.15) is 0 Å². The van der Waals surface area contributed by atoms with Crippen LogP contribution in [0.15, 0.2) is 78.9 Å². The Labute approximate surface area is 178 Å². The van der Waals surface area contributed by atoms with Crippen LogP contribution >= 0.6 is 0 Å². The molecule has 4 heteroatoms. The molecule has 4 nitrogen and oxygen atoms in total. The lowest BCUT2D eigenvalue weighted by Crippen LogP contribution is -2.26. The molecule has 0 spiro atoms. The number of carbonyl (C=O) groups excluding carboxylic acids is 1. The monoisotopic (exact) mass is 403 g/mol. The van der Waals surface area contributed by atoms with Crippen LogP contribution < -0.4 is 14.8 Å². The zero-order valence-corrected chi connectivity index (χ0v) is 17.6. The molecule has 1 unspecified atom stereocenters. The summed E-state index contributed by atoms with van der Waals surface area (Å²) in [5.41, 5.74) is 3.28. The number of ether oxygens (including phenoxy) is 2. The molecule has 0 saturated carbocycles. The summed E-state index contributed by atoms with van der Waals surface area (Å²) in [5, 5.41) is 3.02. The van der Waals surface area contributed by atoms with Crippen LogP contribution in [-0.2, 0) is 17.8 Å². The molecule has 3 rings (SSSR count). The van der Waals surface area contributed by atoms with Crippen molar-refractivity contribution in [1.82, 2.24) is 5.32 Å². The first-order valence-corrected chi connectivity index (χ1v) is 10.3. The summed E-state index contributed by atoms with van der Waals surface area (Å²) in [5.74, 6) is 1.72. The highest BCUT2D eigenvalue weighted by molar-refractivity contribution is 5.78. The van der Waals surface area contributed by atoms with Crippen molar-refractivity contribution < 1.29 is 14.3 Å². The minimum Gasteiger partial charge on any atom is -0.493 e. The van der Waals surface area contributed by atoms with E-state index < -0.39 is 0 Å². The topological polar surface area (TPSA) is 47.6 Å². The molecule has 0 heterocycles. The Balaban J connectivity index is 1.49. The number of hydrogen-bond acceptors (Lipinski definition) is 3. The van der Waals surface area contributed by atoms with E-state index in [2.05, 4.69) is 24.4 Å². The van der Waals surface area contributed by atoms with Crippen LogP contribution in [0.5, 0.6) is 11.5 Å². The number of benzene rings is 3. The lowest BCUT2D eigenvalue weighted by molar-refractivity contribution is -0.120. The fourth-order valence-electron chi connectivity index (χ4n) is 3.30. The van der Waals surface area contributed by atoms with Gasteiger partial charge in [0, 0.05) is 6.54 Å². The second-order valence-electron chi connectivity index (χ2n) is 7.39. The number of rotatable bonds is 10. The van der Waals surface area contributed by atoms with E-state index in [0.29, 0.717) is 37.0 Å². The maximum absolute atomic E-state index is 12.3. The molecule has 3 aromatic rings. The minimum atomic E-state index is 0.00951. The number of methoxy groups -OCH3 is 1. The fraction of sp³-hybridized carbons (Fsp3) is 0.269. The average molecular weight is 404 g/mol. The Morgan fingerprint density at radius 2 is 1.60 bits per heavy atom. The van der Waals surface area contributed by atoms with Gasteiger partial charge in [-0.25, -0.2) is 0 Å². The lowest BCUT2D eigenvalue weighted by atomic mass is 9.98. The zero-order chi connectivity index (χ0) is 21.2. The number of carbonyl (C=O) groups is 1. The van der Waals surface area contributed by atoms with Crippen molar-refractivity contribution in [3.8, 4) is 11.5 Å². The molecule has 1 amide bonds. The first-order chi connectivity index (χ1) is 14.7. The highest BCUT2D eigenvalue weighted by atomic mass is 16.5. The van der Waals surface area contributed by atoms with E-state index in [-0.39, 0.29) is 5.91 Å². The maximum atomic E-state index is 12.3. The van der Waals surface area contributed by atoms with Crippen molar-refractivity contribution in [3.63, 3.8) is 0 Å². The summed E-state index contributed by atoms with van der Waals surface area (Å²) >= 11 is 0. The Kier molecular flexibility index (Phi) is 7.90. The summed E-state index contributed by atoms with van der Waals surface area (Å²) in [7, 11) is 1.61. The van der Waals surface area contributed by atoms with Crippen molar-refractivity contribution in [2.45, 2.75) is 32.3 Å². The fourth-order valence-corrected chi connectivity index (χ4v) is 3.30. The van der Waals surface area contributed by atoms with Crippen LogP contribution in [0.25, 0.3) is 0 Å². The van der Waals surface area contributed by atoms with E-state index in [9.17, 15) is 4.79 Å². The third-order valence-electron chi connectivity index (χ3n) is 5.10. The molecule has 0 radical (unpaired) electrons. The van der Waals surface area contributed by atoms with Crippen molar-refractivity contribution in [2.24, 2.45) is 0 Å². The van der Waals surface area contributed by atoms with Crippen LogP contribution in [0, 0.1) is 0 Å². The molecule has 0 saturated heterocycles. The van der Waals surface area contributed by atoms with Crippen LogP contribution in [0.4, 0.5) is 0 Å². The molecule has 1 atom stereocenters. The van der Waals surface area contributed by atoms with Crippen molar-refractivity contribution in [2.75, 3.05) is 13.7 Å². The van der Waals surface area contributed by atoms with Gasteiger partial charge in [0.05, 0.1) is 13.5 Å². The van der Waals surface area contributed by atoms with Crippen LogP contribution in [-0.4, -0.2) is 19.6 Å². The SMILES string of the molecule is COc1cc(CC(=O)NCCC(C)c2ccccc2)ccc1OCc1ccccc1. The van der Waals surface area contributed by atoms with Gasteiger partial charge in [-0.3, -0.25) is 4.79 Å². The Morgan fingerprint density at radius 3 is 2.30 bits per heavy atom. The lowest BCUT2D eigenvalue weighted by Gasteiger charge is -2.14. The van der Waals surface area contributed by atoms with Gasteiger partial charge in [0.2, 0.25) is 5.91 Å². The third kappa shape index (κ3) is 6.38. The highest BCUT2D eigenvalue weighted by Crippen LogP contribution is 2.29. The number of hydrogen-bond donors (Lipinski definition) is 1. The van der Waals surface area contributed by atoms with Crippen molar-refractivity contribution in [1.29, 1.82) is 0 Å². The molecule has 0 aliphatic carbocycles. The van der Waals surface area contributed by atoms with Crippen LogP contribution in [0.1, 0.15) is 36.0 Å². The maximum Gasteiger partial charge on any atom is 0.224 e. The van der Waals surface area contributed by atoms with Gasteiger partial charge < -0.3 is 14.8 Å². The minimum absolute atomic E-state index is 0.00951. The molecular formula is C26H29NO3.